The van der Waals surface area contributed by atoms with E-state index in [1.807, 2.05) is 51.1 Å². The number of nitrogens with one attached hydrogen (secondary N) is 2. The van der Waals surface area contributed by atoms with Gasteiger partial charge in [0.25, 0.3) is 0 Å². The van der Waals surface area contributed by atoms with E-state index in [1.54, 1.807) is 0 Å². The zero-order chi connectivity index (χ0) is 20.2. The fraction of sp³-hybridized carbons (Fsp3) is 0.550. The van der Waals surface area contributed by atoms with Crippen LogP contribution in [0.25, 0.3) is 0 Å². The number of carboxylic acid groups (broad SMARTS) is 1. The largest absolute Gasteiger partial charge is 0.480 e. The molecular weight excluding hydrogens is 348 g/mol. The first-order valence-electron chi connectivity index (χ1n) is 9.33. The Morgan fingerprint density at radius 2 is 1.74 bits per heavy atom. The molecule has 0 saturated carbocycles. The topological polar surface area (TPSA) is 105 Å². The van der Waals surface area contributed by atoms with Gasteiger partial charge in [-0.1, -0.05) is 63.9 Å². The maximum absolute atomic E-state index is 12.5. The van der Waals surface area contributed by atoms with Crippen LogP contribution in [0.5, 0.6) is 0 Å². The molecule has 0 fully saturated rings. The van der Waals surface area contributed by atoms with Gasteiger partial charge in [-0.3, -0.25) is 4.79 Å². The molecule has 0 aliphatic carbocycles. The molecular formula is C20H30N2O5. The normalized spacial score (nSPS) is 12.9. The summed E-state index contributed by atoms with van der Waals surface area (Å²) in [7, 11) is 0. The Labute approximate surface area is 160 Å². The molecule has 3 N–H and O–H groups in total. The molecule has 7 nitrogen and oxygen atoms in total. The van der Waals surface area contributed by atoms with Crippen molar-refractivity contribution in [3.05, 3.63) is 35.9 Å². The van der Waals surface area contributed by atoms with Crippen molar-refractivity contribution in [2.75, 3.05) is 0 Å². The van der Waals surface area contributed by atoms with Gasteiger partial charge >= 0.3 is 12.1 Å². The van der Waals surface area contributed by atoms with E-state index in [1.165, 1.54) is 0 Å². The van der Waals surface area contributed by atoms with Crippen molar-refractivity contribution in [1.82, 2.24) is 10.6 Å². The number of ether oxygens (including phenoxy) is 1. The lowest BCUT2D eigenvalue weighted by atomic mass is 10.0. The first-order chi connectivity index (χ1) is 12.8. The molecule has 1 aromatic rings. The summed E-state index contributed by atoms with van der Waals surface area (Å²) in [5.74, 6) is -1.45. The van der Waals surface area contributed by atoms with Crippen molar-refractivity contribution in [2.24, 2.45) is 5.92 Å². The van der Waals surface area contributed by atoms with Gasteiger partial charge in [-0.2, -0.15) is 0 Å². The molecule has 0 heterocycles. The van der Waals surface area contributed by atoms with Crippen LogP contribution in [0.4, 0.5) is 4.79 Å². The summed E-state index contributed by atoms with van der Waals surface area (Å²) in [6, 6.07) is 7.39. The summed E-state index contributed by atoms with van der Waals surface area (Å²) in [5, 5.41) is 14.4. The smallest absolute Gasteiger partial charge is 0.408 e. The lowest BCUT2D eigenvalue weighted by Crippen LogP contribution is -2.52. The maximum Gasteiger partial charge on any atom is 0.408 e. The molecule has 2 unspecified atom stereocenters. The average Bonchev–Trinajstić information content (AvgIpc) is 2.63. The Bertz CT molecular complexity index is 604. The summed E-state index contributed by atoms with van der Waals surface area (Å²) in [6.45, 7) is 5.88. The van der Waals surface area contributed by atoms with E-state index in [9.17, 15) is 19.5 Å². The number of carbonyl (C=O) groups is 3. The Kier molecular flexibility index (Phi) is 9.93. The summed E-state index contributed by atoms with van der Waals surface area (Å²) >= 11 is 0. The number of hydrogen-bond acceptors (Lipinski definition) is 4. The minimum atomic E-state index is -1.08. The molecule has 2 amide bonds. The second kappa shape index (κ2) is 11.9. The van der Waals surface area contributed by atoms with E-state index >= 15 is 0 Å². The van der Waals surface area contributed by atoms with Gasteiger partial charge in [-0.25, -0.2) is 9.59 Å². The van der Waals surface area contributed by atoms with Crippen LogP contribution in [0.2, 0.25) is 0 Å². The van der Waals surface area contributed by atoms with Gasteiger partial charge in [0.15, 0.2) is 0 Å². The zero-order valence-corrected chi connectivity index (χ0v) is 16.2. The maximum atomic E-state index is 12.5. The molecule has 0 bridgehead atoms. The van der Waals surface area contributed by atoms with Crippen LogP contribution in [-0.2, 0) is 20.9 Å². The standard InChI is InChI=1S/C20H30N2O5/c1-4-5-11-16(19(24)25)21-18(23)17(12-14(2)3)22-20(26)27-13-15-9-7-6-8-10-15/h6-10,14,16-17H,4-5,11-13H2,1-3H3,(H,21,23)(H,22,26)(H,24,25). The first kappa shape index (κ1) is 22.5. The van der Waals surface area contributed by atoms with Crippen LogP contribution < -0.4 is 10.6 Å². The molecule has 150 valence electrons. The fourth-order valence-electron chi connectivity index (χ4n) is 2.55. The Hall–Kier alpha value is -2.57. The third kappa shape index (κ3) is 9.08. The van der Waals surface area contributed by atoms with Crippen LogP contribution in [0.1, 0.15) is 52.0 Å². The number of unbranched alkanes of at least 4 members (excludes halogenated alkanes) is 1. The predicted octanol–water partition coefficient (Wildman–Crippen LogP) is 3.09. The quantitative estimate of drug-likeness (QED) is 0.549. The molecule has 0 aliphatic heterocycles. The van der Waals surface area contributed by atoms with Gasteiger partial charge in [-0.05, 0) is 24.3 Å². The van der Waals surface area contributed by atoms with E-state index in [-0.39, 0.29) is 12.5 Å². The van der Waals surface area contributed by atoms with Crippen LogP contribution in [0.15, 0.2) is 30.3 Å². The second-order valence-electron chi connectivity index (χ2n) is 6.93. The van der Waals surface area contributed by atoms with E-state index in [0.29, 0.717) is 19.3 Å². The molecule has 1 aromatic carbocycles. The van der Waals surface area contributed by atoms with Crippen LogP contribution in [0, 0.1) is 5.92 Å². The van der Waals surface area contributed by atoms with E-state index in [0.717, 1.165) is 12.0 Å². The third-order valence-electron chi connectivity index (χ3n) is 3.99. The number of carboxylic acids is 1. The summed E-state index contributed by atoms with van der Waals surface area (Å²) in [4.78, 5) is 35.9. The fourth-order valence-corrected chi connectivity index (χ4v) is 2.55. The Balaban J connectivity index is 2.65. The van der Waals surface area contributed by atoms with Crippen molar-refractivity contribution in [1.29, 1.82) is 0 Å². The zero-order valence-electron chi connectivity index (χ0n) is 16.2. The molecule has 27 heavy (non-hydrogen) atoms. The second-order valence-corrected chi connectivity index (χ2v) is 6.93. The van der Waals surface area contributed by atoms with Crippen molar-refractivity contribution in [3.63, 3.8) is 0 Å². The van der Waals surface area contributed by atoms with E-state index in [4.69, 9.17) is 4.74 Å². The van der Waals surface area contributed by atoms with E-state index < -0.39 is 30.1 Å². The summed E-state index contributed by atoms with van der Waals surface area (Å²) < 4.78 is 5.16. The number of carbonyl (C=O) groups excluding carboxylic acids is 2. The Morgan fingerprint density at radius 3 is 2.30 bits per heavy atom. The lowest BCUT2D eigenvalue weighted by molar-refractivity contribution is -0.142. The number of rotatable bonds is 11. The van der Waals surface area contributed by atoms with Gasteiger partial charge in [0, 0.05) is 0 Å². The molecule has 0 aliphatic rings. The van der Waals surface area contributed by atoms with Crippen molar-refractivity contribution < 1.29 is 24.2 Å². The first-order valence-corrected chi connectivity index (χ1v) is 9.33. The van der Waals surface area contributed by atoms with Crippen LogP contribution >= 0.6 is 0 Å². The number of amides is 2. The highest BCUT2D eigenvalue weighted by Gasteiger charge is 2.27. The van der Waals surface area contributed by atoms with Gasteiger partial charge < -0.3 is 20.5 Å². The minimum Gasteiger partial charge on any atom is -0.480 e. The lowest BCUT2D eigenvalue weighted by Gasteiger charge is -2.22. The highest BCUT2D eigenvalue weighted by molar-refractivity contribution is 5.89. The molecule has 0 radical (unpaired) electrons. The van der Waals surface area contributed by atoms with Crippen molar-refractivity contribution in [3.8, 4) is 0 Å². The predicted molar refractivity (Wildman–Crippen MR) is 102 cm³/mol. The van der Waals surface area contributed by atoms with Crippen molar-refractivity contribution in [2.45, 2.75) is 65.1 Å². The number of alkyl carbamates (subject to hydrolysis) is 1. The monoisotopic (exact) mass is 378 g/mol. The Morgan fingerprint density at radius 1 is 1.07 bits per heavy atom. The third-order valence-corrected chi connectivity index (χ3v) is 3.99. The van der Waals surface area contributed by atoms with Gasteiger partial charge in [0.2, 0.25) is 5.91 Å². The molecule has 1 rings (SSSR count). The average molecular weight is 378 g/mol. The van der Waals surface area contributed by atoms with Crippen LogP contribution in [-0.4, -0.2) is 35.2 Å². The summed E-state index contributed by atoms with van der Waals surface area (Å²) in [5.41, 5.74) is 0.836. The number of aliphatic carboxylic acids is 1. The number of benzene rings is 1. The molecule has 0 saturated heterocycles. The number of hydrogen-bond donors (Lipinski definition) is 3. The molecule has 2 atom stereocenters. The van der Waals surface area contributed by atoms with E-state index in [2.05, 4.69) is 10.6 Å². The van der Waals surface area contributed by atoms with Crippen molar-refractivity contribution >= 4 is 18.0 Å². The minimum absolute atomic E-state index is 0.0942. The highest BCUT2D eigenvalue weighted by atomic mass is 16.5. The van der Waals surface area contributed by atoms with Gasteiger partial charge in [0.05, 0.1) is 0 Å². The molecule has 7 heteroatoms. The van der Waals surface area contributed by atoms with Gasteiger partial charge in [0.1, 0.15) is 18.7 Å². The highest BCUT2D eigenvalue weighted by Crippen LogP contribution is 2.08. The summed E-state index contributed by atoms with van der Waals surface area (Å²) in [6.07, 6.45) is 1.55. The van der Waals surface area contributed by atoms with Crippen LogP contribution in [0.3, 0.4) is 0 Å². The van der Waals surface area contributed by atoms with Gasteiger partial charge in [-0.15, -0.1) is 0 Å². The molecule has 0 aromatic heterocycles. The molecule has 0 spiro atoms. The SMILES string of the molecule is CCCCC(NC(=O)C(CC(C)C)NC(=O)OCc1ccccc1)C(=O)O.